The molecular weight excluding hydrogens is 426 g/mol. The van der Waals surface area contributed by atoms with Crippen LogP contribution in [-0.2, 0) is 9.47 Å². The van der Waals surface area contributed by atoms with Gasteiger partial charge in [0.25, 0.3) is 0 Å². The Hall–Kier alpha value is -3.55. The van der Waals surface area contributed by atoms with E-state index in [2.05, 4.69) is 62.8 Å². The Morgan fingerprint density at radius 1 is 0.971 bits per heavy atom. The molecule has 1 aliphatic heterocycles. The lowest BCUT2D eigenvalue weighted by Crippen LogP contribution is -2.36. The van der Waals surface area contributed by atoms with Gasteiger partial charge in [0.05, 0.1) is 37.7 Å². The van der Waals surface area contributed by atoms with Gasteiger partial charge in [-0.05, 0) is 36.2 Å². The van der Waals surface area contributed by atoms with Crippen LogP contribution in [0.2, 0.25) is 0 Å². The van der Waals surface area contributed by atoms with Crippen LogP contribution in [0.3, 0.4) is 0 Å². The molecule has 174 valence electrons. The molecule has 7 nitrogen and oxygen atoms in total. The van der Waals surface area contributed by atoms with Crippen LogP contribution < -0.4 is 4.90 Å². The summed E-state index contributed by atoms with van der Waals surface area (Å²) in [5.41, 5.74) is 6.27. The predicted octanol–water partition coefficient (Wildman–Crippen LogP) is 4.39. The first-order valence-corrected chi connectivity index (χ1v) is 11.6. The van der Waals surface area contributed by atoms with Crippen LogP contribution in [0.4, 0.5) is 5.69 Å². The molecule has 0 N–H and O–H groups in total. The van der Waals surface area contributed by atoms with Crippen molar-refractivity contribution in [2.24, 2.45) is 0 Å². The van der Waals surface area contributed by atoms with Crippen LogP contribution in [0.5, 0.6) is 0 Å². The molecule has 4 aromatic rings. The fourth-order valence-corrected chi connectivity index (χ4v) is 4.49. The molecule has 1 saturated heterocycles. The van der Waals surface area contributed by atoms with Crippen molar-refractivity contribution in [3.8, 4) is 22.6 Å². The second-order valence-electron chi connectivity index (χ2n) is 8.44. The van der Waals surface area contributed by atoms with Gasteiger partial charge in [0.2, 0.25) is 0 Å². The number of benzene rings is 1. The molecule has 0 amide bonds. The van der Waals surface area contributed by atoms with Gasteiger partial charge in [-0.1, -0.05) is 30.3 Å². The second-order valence-corrected chi connectivity index (χ2v) is 8.44. The number of nitrogens with zero attached hydrogens (tertiary/aromatic N) is 5. The third-order valence-corrected chi connectivity index (χ3v) is 6.22. The first-order valence-electron chi connectivity index (χ1n) is 11.6. The highest BCUT2D eigenvalue weighted by Gasteiger charge is 2.21. The molecule has 1 fully saturated rings. The van der Waals surface area contributed by atoms with Gasteiger partial charge in [-0.2, -0.15) is 0 Å². The van der Waals surface area contributed by atoms with Gasteiger partial charge in [0.1, 0.15) is 5.69 Å². The summed E-state index contributed by atoms with van der Waals surface area (Å²) in [5, 5.41) is 0. The minimum Gasteiger partial charge on any atom is -0.382 e. The van der Waals surface area contributed by atoms with Crippen LogP contribution in [0.1, 0.15) is 17.3 Å². The maximum atomic E-state index is 5.60. The highest BCUT2D eigenvalue weighted by atomic mass is 16.5. The maximum Gasteiger partial charge on any atom is 0.159 e. The second kappa shape index (κ2) is 10.2. The van der Waals surface area contributed by atoms with Crippen molar-refractivity contribution < 1.29 is 9.47 Å². The van der Waals surface area contributed by atoms with Crippen molar-refractivity contribution in [2.45, 2.75) is 13.0 Å². The van der Waals surface area contributed by atoms with Gasteiger partial charge in [0.15, 0.2) is 5.82 Å². The van der Waals surface area contributed by atoms with Crippen LogP contribution in [-0.4, -0.2) is 59.5 Å². The molecule has 1 atom stereocenters. The zero-order valence-electron chi connectivity index (χ0n) is 19.6. The highest BCUT2D eigenvalue weighted by molar-refractivity contribution is 5.70. The topological polar surface area (TPSA) is 65.3 Å². The molecule has 3 aromatic heterocycles. The number of hydrogen-bond acceptors (Lipinski definition) is 6. The molecule has 1 aromatic carbocycles. The fraction of sp³-hybridized carbons (Fsp3) is 0.296. The zero-order chi connectivity index (χ0) is 23.3. The van der Waals surface area contributed by atoms with Crippen molar-refractivity contribution in [3.63, 3.8) is 0 Å². The van der Waals surface area contributed by atoms with E-state index in [1.807, 2.05) is 36.9 Å². The Kier molecular flexibility index (Phi) is 6.65. The van der Waals surface area contributed by atoms with Gasteiger partial charge in [-0.15, -0.1) is 0 Å². The number of ether oxygens (including phenoxy) is 2. The molecule has 5 rings (SSSR count). The SMILES string of the molecule is COC[C@H](c1ccccc1)n1c(C)cnc1-c1cc(-c2cncc(N3CCOCC3)c2)ccn1. The van der Waals surface area contributed by atoms with Gasteiger partial charge in [-0.3, -0.25) is 9.97 Å². The van der Waals surface area contributed by atoms with Crippen molar-refractivity contribution >= 4 is 5.69 Å². The van der Waals surface area contributed by atoms with E-state index in [1.54, 1.807) is 7.11 Å². The minimum atomic E-state index is 0.000436. The number of hydrogen-bond donors (Lipinski definition) is 0. The molecule has 1 aliphatic rings. The molecule has 0 radical (unpaired) electrons. The van der Waals surface area contributed by atoms with E-state index in [9.17, 15) is 0 Å². The molecule has 0 aliphatic carbocycles. The van der Waals surface area contributed by atoms with Gasteiger partial charge in [-0.25, -0.2) is 4.98 Å². The highest BCUT2D eigenvalue weighted by Crippen LogP contribution is 2.30. The summed E-state index contributed by atoms with van der Waals surface area (Å²) in [5.74, 6) is 0.822. The summed E-state index contributed by atoms with van der Waals surface area (Å²) in [7, 11) is 1.73. The molecule has 7 heteroatoms. The first-order chi connectivity index (χ1) is 16.7. The summed E-state index contributed by atoms with van der Waals surface area (Å²) in [4.78, 5) is 16.3. The zero-order valence-corrected chi connectivity index (χ0v) is 19.6. The van der Waals surface area contributed by atoms with Crippen LogP contribution in [0, 0.1) is 6.92 Å². The Morgan fingerprint density at radius 3 is 2.59 bits per heavy atom. The molecule has 34 heavy (non-hydrogen) atoms. The van der Waals surface area contributed by atoms with Crippen LogP contribution in [0.15, 0.2) is 73.3 Å². The van der Waals surface area contributed by atoms with E-state index in [1.165, 1.54) is 5.56 Å². The average Bonchev–Trinajstić information content (AvgIpc) is 3.29. The summed E-state index contributed by atoms with van der Waals surface area (Å²) >= 11 is 0. The van der Waals surface area contributed by atoms with Gasteiger partial charge in [0, 0.05) is 50.0 Å². The number of morpholine rings is 1. The fourth-order valence-electron chi connectivity index (χ4n) is 4.49. The Bertz CT molecular complexity index is 1230. The number of rotatable bonds is 7. The van der Waals surface area contributed by atoms with Crippen LogP contribution >= 0.6 is 0 Å². The number of aromatic nitrogens is 4. The summed E-state index contributed by atoms with van der Waals surface area (Å²) in [6.45, 7) is 5.86. The molecule has 4 heterocycles. The number of anilines is 1. The molecule has 0 unspecified atom stereocenters. The molecule has 0 bridgehead atoms. The quantitative estimate of drug-likeness (QED) is 0.412. The number of methoxy groups -OCH3 is 1. The monoisotopic (exact) mass is 455 g/mol. The molecule has 0 spiro atoms. The Labute approximate surface area is 200 Å². The third kappa shape index (κ3) is 4.58. The molecular formula is C27H29N5O2. The van der Waals surface area contributed by atoms with Crippen molar-refractivity contribution in [2.75, 3.05) is 44.9 Å². The average molecular weight is 456 g/mol. The third-order valence-electron chi connectivity index (χ3n) is 6.22. The normalized spacial score (nSPS) is 14.8. The summed E-state index contributed by atoms with van der Waals surface area (Å²) in [6, 6.07) is 16.7. The minimum absolute atomic E-state index is 0.000436. The van der Waals surface area contributed by atoms with Crippen molar-refractivity contribution in [1.29, 1.82) is 0 Å². The van der Waals surface area contributed by atoms with E-state index in [4.69, 9.17) is 14.5 Å². The van der Waals surface area contributed by atoms with Crippen molar-refractivity contribution in [3.05, 3.63) is 84.6 Å². The predicted molar refractivity (Wildman–Crippen MR) is 133 cm³/mol. The van der Waals surface area contributed by atoms with Crippen LogP contribution in [0.25, 0.3) is 22.6 Å². The lowest BCUT2D eigenvalue weighted by Gasteiger charge is -2.28. The van der Waals surface area contributed by atoms with Gasteiger partial charge >= 0.3 is 0 Å². The van der Waals surface area contributed by atoms with E-state index >= 15 is 0 Å². The lowest BCUT2D eigenvalue weighted by atomic mass is 10.1. The Balaban J connectivity index is 1.52. The van der Waals surface area contributed by atoms with E-state index in [0.29, 0.717) is 6.61 Å². The first kappa shape index (κ1) is 22.3. The summed E-state index contributed by atoms with van der Waals surface area (Å²) < 4.78 is 13.3. The maximum absolute atomic E-state index is 5.60. The number of aryl methyl sites for hydroxylation is 1. The van der Waals surface area contributed by atoms with Gasteiger partial charge < -0.3 is 18.9 Å². The standard InChI is InChI=1S/C27H29N5O2/c1-20-16-30-27(32(20)26(19-33-2)21-6-4-3-5-7-21)25-15-22(8-9-29-25)23-14-24(18-28-17-23)31-10-12-34-13-11-31/h3-9,14-18,26H,10-13,19H2,1-2H3/t26-/m1/s1. The Morgan fingerprint density at radius 2 is 1.79 bits per heavy atom. The van der Waals surface area contributed by atoms with E-state index < -0.39 is 0 Å². The number of imidazole rings is 1. The lowest BCUT2D eigenvalue weighted by molar-refractivity contribution is 0.122. The van der Waals surface area contributed by atoms with E-state index in [-0.39, 0.29) is 6.04 Å². The summed E-state index contributed by atoms with van der Waals surface area (Å²) in [6.07, 6.45) is 7.56. The number of pyridine rings is 2. The largest absolute Gasteiger partial charge is 0.382 e. The van der Waals surface area contributed by atoms with Crippen molar-refractivity contribution in [1.82, 2.24) is 19.5 Å². The van der Waals surface area contributed by atoms with E-state index in [0.717, 1.165) is 60.3 Å². The smallest absolute Gasteiger partial charge is 0.159 e. The molecule has 0 saturated carbocycles.